The molecule has 4 aliphatic heterocycles. The number of aliphatic carboxylic acids is 2. The van der Waals surface area contributed by atoms with Gasteiger partial charge in [-0.05, 0) is 31.7 Å². The number of rotatable bonds is 27. The molecule has 0 bridgehead atoms. The van der Waals surface area contributed by atoms with Crippen molar-refractivity contribution in [2.75, 3.05) is 27.2 Å². The third-order valence-electron chi connectivity index (χ3n) is 12.6. The van der Waals surface area contributed by atoms with Crippen LogP contribution in [0, 0.1) is 11.8 Å². The number of ether oxygens (including phenoxy) is 5. The molecule has 15 atom stereocenters. The molecule has 0 radical (unpaired) electrons. The fourth-order valence-corrected chi connectivity index (χ4v) is 9.59. The molecule has 3 saturated heterocycles. The molecule has 4 rings (SSSR count). The number of hydrogen-bond donors (Lipinski definition) is 8. The van der Waals surface area contributed by atoms with Gasteiger partial charge in [-0.3, -0.25) is 48.5 Å². The van der Waals surface area contributed by atoms with Gasteiger partial charge in [0.1, 0.15) is 67.1 Å². The highest BCUT2D eigenvalue weighted by Crippen LogP contribution is 2.37. The number of unbranched alkanes of at least 4 members (excludes halogenated alkanes) is 6. The summed E-state index contributed by atoms with van der Waals surface area (Å²) in [4.78, 5) is 96.2. The van der Waals surface area contributed by atoms with E-state index in [-0.39, 0.29) is 25.8 Å². The Balaban J connectivity index is 1.63. The Hall–Kier alpha value is -4.29. The van der Waals surface area contributed by atoms with Crippen LogP contribution in [-0.4, -0.2) is 209 Å². The van der Waals surface area contributed by atoms with Gasteiger partial charge >= 0.3 is 34.3 Å². The summed E-state index contributed by atoms with van der Waals surface area (Å²) in [5, 5.41) is 55.0. The smallest absolute Gasteiger partial charge is 0.397 e. The van der Waals surface area contributed by atoms with Gasteiger partial charge in [0.2, 0.25) is 5.91 Å². The van der Waals surface area contributed by atoms with Crippen molar-refractivity contribution in [3.05, 3.63) is 0 Å². The number of imide groups is 1. The number of nitrogens with one attached hydrogen (secondary N) is 1. The van der Waals surface area contributed by atoms with Crippen molar-refractivity contribution in [2.24, 2.45) is 22.6 Å². The predicted molar refractivity (Wildman–Crippen MR) is 239 cm³/mol. The molecular formula is C43H69N5O21S. The third kappa shape index (κ3) is 16.4. The zero-order valence-corrected chi connectivity index (χ0v) is 40.7. The van der Waals surface area contributed by atoms with Crippen LogP contribution in [0.3, 0.4) is 0 Å². The van der Waals surface area contributed by atoms with E-state index in [1.807, 2.05) is 5.32 Å². The lowest BCUT2D eigenvalue weighted by atomic mass is 9.95. The van der Waals surface area contributed by atoms with Crippen LogP contribution < -0.4 is 11.1 Å². The Morgan fingerprint density at radius 3 is 2.07 bits per heavy atom. The number of amides is 3. The van der Waals surface area contributed by atoms with Crippen molar-refractivity contribution >= 4 is 58.2 Å². The number of carbonyl (C=O) groups is 7. The number of nitrogens with two attached hydrogens (primary N) is 1. The summed E-state index contributed by atoms with van der Waals surface area (Å²) in [6.45, 7) is 4.94. The molecule has 0 aromatic heterocycles. The van der Waals surface area contributed by atoms with Crippen molar-refractivity contribution in [3.63, 3.8) is 0 Å². The minimum atomic E-state index is -5.47. The maximum atomic E-state index is 14.7. The molecule has 26 nitrogen and oxygen atoms in total. The average molecular weight is 1020 g/mol. The number of aliphatic hydroxyl groups is 3. The van der Waals surface area contributed by atoms with Crippen molar-refractivity contribution in [1.82, 2.24) is 15.1 Å². The number of nitrogens with zero attached hydrogens (tertiary/aromatic N) is 3. The van der Waals surface area contributed by atoms with Gasteiger partial charge in [0, 0.05) is 33.0 Å². The second kappa shape index (κ2) is 26.4. The largest absolute Gasteiger partial charge is 0.481 e. The molecule has 27 heteroatoms. The lowest BCUT2D eigenvalue weighted by Crippen LogP contribution is -2.59. The Labute approximate surface area is 405 Å². The summed E-state index contributed by atoms with van der Waals surface area (Å²) in [7, 11) is -3.17. The molecule has 70 heavy (non-hydrogen) atoms. The Kier molecular flexibility index (Phi) is 22.0. The molecule has 4 aliphatic rings. The zero-order valence-electron chi connectivity index (χ0n) is 39.8. The van der Waals surface area contributed by atoms with Gasteiger partial charge < -0.3 is 59.9 Å². The number of hydrogen-bond acceptors (Lipinski definition) is 21. The SMILES string of the molecule is CC(C)CCCCCCCCCC(CC(=O)O[C@H]1CN(C)C(C(OC2OC(CN)[C@@H](O)[C@H]2O)C2OC(C3N=CC(=O)NC3=O)[C@H](OS(=O)(=O)O)[C@@H]2O)C(=O)N(C)[C@@H]1C(=O)O)OC(=O)CC(C)CC(=O)O. The molecule has 0 aromatic rings. The van der Waals surface area contributed by atoms with Crippen LogP contribution in [0.2, 0.25) is 0 Å². The summed E-state index contributed by atoms with van der Waals surface area (Å²) in [5.41, 5.74) is 5.70. The van der Waals surface area contributed by atoms with Gasteiger partial charge in [-0.25, -0.2) is 8.98 Å². The molecule has 9 unspecified atom stereocenters. The molecule has 4 heterocycles. The fourth-order valence-electron chi connectivity index (χ4n) is 9.09. The standard InChI is InChI=1S/C43H69N5O21S/c1-21(2)13-11-9-7-6-8-10-12-14-23(64-28(52)16-22(3)15-27(50)51)17-29(53)65-25-20-47(4)32(41(58)48(5)31(25)42(59)60)37(68-43-34(55)33(54)24(18-44)66-43)38-35(56)39(69-70(61,62)63)36(67-38)30-40(57)46-26(49)19-45-30/h19,21-25,30-39,43,54-56H,6-18,20,44H2,1-5H3,(H,50,51)(H,59,60)(H,46,49,57)(H,61,62,63)/t22?,23?,24?,25-,30?,31-,32?,33+,34+,35+,36?,37?,38?,39+,43?/m0/s1. The second-order valence-electron chi connectivity index (χ2n) is 18.8. The minimum absolute atomic E-state index is 0.208. The van der Waals surface area contributed by atoms with E-state index >= 15 is 0 Å². The second-order valence-corrected chi connectivity index (χ2v) is 19.8. The van der Waals surface area contributed by atoms with E-state index in [1.54, 1.807) is 6.92 Å². The zero-order chi connectivity index (χ0) is 52.2. The number of carboxylic acids is 2. The van der Waals surface area contributed by atoms with Gasteiger partial charge in [0.15, 0.2) is 18.4 Å². The summed E-state index contributed by atoms with van der Waals surface area (Å²) in [6.07, 6.45) is -12.7. The van der Waals surface area contributed by atoms with Crippen LogP contribution in [-0.2, 0) is 71.8 Å². The topological polar surface area (TPSA) is 387 Å². The third-order valence-corrected chi connectivity index (χ3v) is 13.1. The predicted octanol–water partition coefficient (Wildman–Crippen LogP) is -1.70. The number of likely N-dealkylation sites (N-methyl/N-ethyl adjacent to an activating group) is 2. The van der Waals surface area contributed by atoms with Gasteiger partial charge in [-0.1, -0.05) is 65.7 Å². The van der Waals surface area contributed by atoms with Crippen LogP contribution in [0.15, 0.2) is 4.99 Å². The van der Waals surface area contributed by atoms with E-state index < -0.39 is 156 Å². The lowest BCUT2D eigenvalue weighted by molar-refractivity contribution is -0.231. The number of esters is 2. The average Bonchev–Trinajstić information content (AvgIpc) is 3.67. The van der Waals surface area contributed by atoms with Crippen LogP contribution >= 0.6 is 0 Å². The molecule has 0 aromatic carbocycles. The van der Waals surface area contributed by atoms with E-state index in [2.05, 4.69) is 18.8 Å². The molecule has 3 fully saturated rings. The number of aliphatic hydroxyl groups excluding tert-OH is 3. The van der Waals surface area contributed by atoms with E-state index in [1.165, 1.54) is 7.05 Å². The Bertz CT molecular complexity index is 1980. The Morgan fingerprint density at radius 1 is 0.886 bits per heavy atom. The number of aliphatic imine (C=N–C) groups is 1. The quantitative estimate of drug-likeness (QED) is 0.0197. The maximum absolute atomic E-state index is 14.7. The van der Waals surface area contributed by atoms with Gasteiger partial charge in [0.05, 0.1) is 12.6 Å². The molecule has 398 valence electrons. The monoisotopic (exact) mass is 1020 g/mol. The molecule has 3 amide bonds. The highest BCUT2D eigenvalue weighted by atomic mass is 32.3. The number of carbonyl (C=O) groups excluding carboxylic acids is 5. The van der Waals surface area contributed by atoms with Crippen LogP contribution in [0.1, 0.15) is 97.8 Å². The summed E-state index contributed by atoms with van der Waals surface area (Å²) in [5.74, 6) is -7.77. The Morgan fingerprint density at radius 2 is 1.51 bits per heavy atom. The van der Waals surface area contributed by atoms with Crippen molar-refractivity contribution < 1.29 is 99.9 Å². The van der Waals surface area contributed by atoms with Crippen LogP contribution in [0.25, 0.3) is 0 Å². The van der Waals surface area contributed by atoms with Gasteiger partial charge in [-0.15, -0.1) is 0 Å². The van der Waals surface area contributed by atoms with E-state index in [4.69, 9.17) is 33.6 Å². The molecule has 0 saturated carbocycles. The van der Waals surface area contributed by atoms with Crippen molar-refractivity contribution in [2.45, 2.75) is 183 Å². The van der Waals surface area contributed by atoms with Crippen molar-refractivity contribution in [1.29, 1.82) is 0 Å². The minimum Gasteiger partial charge on any atom is -0.481 e. The molecule has 9 N–H and O–H groups in total. The summed E-state index contributed by atoms with van der Waals surface area (Å²) >= 11 is 0. The molecule has 0 spiro atoms. The first-order valence-corrected chi connectivity index (χ1v) is 24.7. The van der Waals surface area contributed by atoms with Gasteiger partial charge in [0.25, 0.3) is 11.8 Å². The lowest BCUT2D eigenvalue weighted by Gasteiger charge is -2.38. The highest BCUT2D eigenvalue weighted by molar-refractivity contribution is 7.80. The van der Waals surface area contributed by atoms with E-state index in [9.17, 15) is 72.1 Å². The first-order chi connectivity index (χ1) is 32.8. The maximum Gasteiger partial charge on any atom is 0.397 e. The van der Waals surface area contributed by atoms with Gasteiger partial charge in [-0.2, -0.15) is 8.42 Å². The normalized spacial score (nSPS) is 31.0. The van der Waals surface area contributed by atoms with Crippen LogP contribution in [0.5, 0.6) is 0 Å². The highest BCUT2D eigenvalue weighted by Gasteiger charge is 2.60. The summed E-state index contributed by atoms with van der Waals surface area (Å²) < 4.78 is 67.8. The van der Waals surface area contributed by atoms with E-state index in [0.717, 1.165) is 56.9 Å². The molecular weight excluding hydrogens is 955 g/mol. The van der Waals surface area contributed by atoms with Crippen LogP contribution in [0.4, 0.5) is 0 Å². The molecule has 0 aliphatic carbocycles. The fraction of sp³-hybridized carbons (Fsp3) is 0.814. The van der Waals surface area contributed by atoms with Crippen molar-refractivity contribution in [3.8, 4) is 0 Å². The first-order valence-electron chi connectivity index (χ1n) is 23.4. The number of carboxylic acid groups (broad SMARTS) is 2. The summed E-state index contributed by atoms with van der Waals surface area (Å²) in [6, 6.07) is -5.62. The first kappa shape index (κ1) is 58.3. The van der Waals surface area contributed by atoms with E-state index in [0.29, 0.717) is 23.5 Å².